The van der Waals surface area contributed by atoms with Gasteiger partial charge in [-0.3, -0.25) is 9.59 Å². The van der Waals surface area contributed by atoms with Crippen LogP contribution in [0.1, 0.15) is 35.7 Å². The van der Waals surface area contributed by atoms with E-state index in [-0.39, 0.29) is 24.0 Å². The second-order valence-corrected chi connectivity index (χ2v) is 5.47. The summed E-state index contributed by atoms with van der Waals surface area (Å²) < 4.78 is 5.47. The van der Waals surface area contributed by atoms with Gasteiger partial charge in [-0.25, -0.2) is 0 Å². The highest BCUT2D eigenvalue weighted by atomic mass is 16.5. The van der Waals surface area contributed by atoms with Crippen LogP contribution in [0.2, 0.25) is 0 Å². The molecule has 2 atom stereocenters. The Morgan fingerprint density at radius 3 is 3.10 bits per heavy atom. The molecule has 1 aromatic carbocycles. The van der Waals surface area contributed by atoms with Crippen LogP contribution >= 0.6 is 0 Å². The lowest BCUT2D eigenvalue weighted by Crippen LogP contribution is -2.41. The van der Waals surface area contributed by atoms with E-state index in [1.807, 2.05) is 6.92 Å². The maximum Gasteiger partial charge on any atom is 0.251 e. The molecule has 2 heterocycles. The zero-order valence-corrected chi connectivity index (χ0v) is 11.4. The molecule has 0 aliphatic carbocycles. The molecule has 0 spiro atoms. The van der Waals surface area contributed by atoms with Gasteiger partial charge < -0.3 is 15.4 Å². The van der Waals surface area contributed by atoms with Crippen molar-refractivity contribution in [1.29, 1.82) is 0 Å². The van der Waals surface area contributed by atoms with Gasteiger partial charge in [0.2, 0.25) is 5.91 Å². The van der Waals surface area contributed by atoms with Gasteiger partial charge in [0, 0.05) is 23.9 Å². The number of carbonyl (C=O) groups excluding carboxylic acids is 2. The van der Waals surface area contributed by atoms with Crippen LogP contribution in [0, 0.1) is 0 Å². The van der Waals surface area contributed by atoms with Crippen molar-refractivity contribution in [3.05, 3.63) is 29.3 Å². The predicted molar refractivity (Wildman–Crippen MR) is 74.7 cm³/mol. The Hall–Kier alpha value is -1.88. The Kier molecular flexibility index (Phi) is 3.44. The second kappa shape index (κ2) is 5.25. The minimum Gasteiger partial charge on any atom is -0.378 e. The molecule has 3 rings (SSSR count). The topological polar surface area (TPSA) is 67.4 Å². The Labute approximate surface area is 117 Å². The molecule has 0 bridgehead atoms. The number of hydrogen-bond acceptors (Lipinski definition) is 3. The summed E-state index contributed by atoms with van der Waals surface area (Å²) in [7, 11) is 0. The van der Waals surface area contributed by atoms with Gasteiger partial charge >= 0.3 is 0 Å². The smallest absolute Gasteiger partial charge is 0.251 e. The number of fused-ring (bicyclic) bond motifs is 1. The number of hydrogen-bond donors (Lipinski definition) is 2. The third-order valence-corrected chi connectivity index (χ3v) is 3.81. The van der Waals surface area contributed by atoms with Gasteiger partial charge in [0.25, 0.3) is 5.91 Å². The summed E-state index contributed by atoms with van der Waals surface area (Å²) >= 11 is 0. The maximum absolute atomic E-state index is 12.2. The first kappa shape index (κ1) is 13.1. The molecule has 0 radical (unpaired) electrons. The van der Waals surface area contributed by atoms with Crippen LogP contribution in [0.25, 0.3) is 0 Å². The molecule has 1 aromatic rings. The van der Waals surface area contributed by atoms with E-state index in [1.165, 1.54) is 0 Å². The van der Waals surface area contributed by atoms with Gasteiger partial charge in [-0.1, -0.05) is 0 Å². The molecule has 106 valence electrons. The first-order valence-electron chi connectivity index (χ1n) is 6.97. The number of amides is 2. The monoisotopic (exact) mass is 274 g/mol. The van der Waals surface area contributed by atoms with Crippen LogP contribution in [0.15, 0.2) is 18.2 Å². The third-order valence-electron chi connectivity index (χ3n) is 3.81. The molecule has 20 heavy (non-hydrogen) atoms. The zero-order chi connectivity index (χ0) is 14.1. The van der Waals surface area contributed by atoms with Crippen molar-refractivity contribution in [1.82, 2.24) is 5.32 Å². The molecule has 2 aliphatic heterocycles. The fraction of sp³-hybridized carbons (Fsp3) is 0.467. The molecule has 2 amide bonds. The molecule has 2 unspecified atom stereocenters. The lowest BCUT2D eigenvalue weighted by Gasteiger charge is -2.28. The van der Waals surface area contributed by atoms with Crippen molar-refractivity contribution in [3.63, 3.8) is 0 Å². The summed E-state index contributed by atoms with van der Waals surface area (Å²) in [6.45, 7) is 2.71. The van der Waals surface area contributed by atoms with E-state index in [0.29, 0.717) is 18.6 Å². The van der Waals surface area contributed by atoms with E-state index in [1.54, 1.807) is 18.2 Å². The van der Waals surface area contributed by atoms with Gasteiger partial charge in [-0.2, -0.15) is 0 Å². The van der Waals surface area contributed by atoms with Crippen molar-refractivity contribution in [3.8, 4) is 0 Å². The van der Waals surface area contributed by atoms with E-state index >= 15 is 0 Å². The van der Waals surface area contributed by atoms with Crippen LogP contribution in [0.4, 0.5) is 5.69 Å². The first-order valence-corrected chi connectivity index (χ1v) is 6.97. The van der Waals surface area contributed by atoms with Gasteiger partial charge in [0.05, 0.1) is 12.5 Å². The molecular weight excluding hydrogens is 256 g/mol. The highest BCUT2D eigenvalue weighted by Gasteiger charge is 2.23. The molecule has 5 heteroatoms. The summed E-state index contributed by atoms with van der Waals surface area (Å²) in [5.41, 5.74) is 2.31. The fourth-order valence-electron chi connectivity index (χ4n) is 2.77. The zero-order valence-electron chi connectivity index (χ0n) is 11.4. The number of carbonyl (C=O) groups is 2. The van der Waals surface area contributed by atoms with Crippen molar-refractivity contribution in [2.75, 3.05) is 11.9 Å². The predicted octanol–water partition coefficient (Wildman–Crippen LogP) is 1.48. The van der Waals surface area contributed by atoms with Crippen molar-refractivity contribution < 1.29 is 14.3 Å². The van der Waals surface area contributed by atoms with Crippen molar-refractivity contribution >= 4 is 17.5 Å². The Balaban J connectivity index is 1.68. The highest BCUT2D eigenvalue weighted by Crippen LogP contribution is 2.24. The first-order chi connectivity index (χ1) is 9.61. The van der Waals surface area contributed by atoms with Crippen LogP contribution in [-0.2, 0) is 16.0 Å². The fourth-order valence-corrected chi connectivity index (χ4v) is 2.77. The number of ether oxygens (including phenoxy) is 1. The quantitative estimate of drug-likeness (QED) is 0.858. The molecule has 5 nitrogen and oxygen atoms in total. The molecular formula is C15H18N2O3. The number of anilines is 1. The van der Waals surface area contributed by atoms with Gasteiger partial charge in [0.1, 0.15) is 0 Å². The number of benzene rings is 1. The maximum atomic E-state index is 12.2. The van der Waals surface area contributed by atoms with E-state index in [9.17, 15) is 9.59 Å². The molecule has 1 saturated heterocycles. The summed E-state index contributed by atoms with van der Waals surface area (Å²) in [6.07, 6.45) is 2.23. The van der Waals surface area contributed by atoms with Gasteiger partial charge in [-0.05, 0) is 43.5 Å². The standard InChI is InChI=1S/C15H18N2O3/c1-9-6-12(4-5-20-9)16-15(19)10-2-3-13-11(7-10)8-14(18)17-13/h2-3,7,9,12H,4-6,8H2,1H3,(H,16,19)(H,17,18). The Bertz CT molecular complexity index is 556. The van der Waals surface area contributed by atoms with Gasteiger partial charge in [0.15, 0.2) is 0 Å². The molecule has 1 fully saturated rings. The van der Waals surface area contributed by atoms with E-state index < -0.39 is 0 Å². The molecule has 0 aromatic heterocycles. The summed E-state index contributed by atoms with van der Waals surface area (Å²) in [5, 5.41) is 5.81. The van der Waals surface area contributed by atoms with Crippen molar-refractivity contribution in [2.45, 2.75) is 38.3 Å². The minimum absolute atomic E-state index is 0.0178. The molecule has 2 aliphatic rings. The van der Waals surface area contributed by atoms with E-state index in [2.05, 4.69) is 10.6 Å². The van der Waals surface area contributed by atoms with Crippen LogP contribution in [-0.4, -0.2) is 30.6 Å². The second-order valence-electron chi connectivity index (χ2n) is 5.47. The largest absolute Gasteiger partial charge is 0.378 e. The SMILES string of the molecule is CC1CC(NC(=O)c2ccc3c(c2)CC(=O)N3)CCO1. The van der Waals surface area contributed by atoms with Crippen LogP contribution < -0.4 is 10.6 Å². The lowest BCUT2D eigenvalue weighted by atomic mass is 10.0. The Morgan fingerprint density at radius 2 is 2.30 bits per heavy atom. The van der Waals surface area contributed by atoms with Crippen molar-refractivity contribution in [2.24, 2.45) is 0 Å². The van der Waals surface area contributed by atoms with E-state index in [0.717, 1.165) is 24.1 Å². The average Bonchev–Trinajstić information content (AvgIpc) is 2.77. The minimum atomic E-state index is -0.0775. The highest BCUT2D eigenvalue weighted by molar-refractivity contribution is 6.01. The average molecular weight is 274 g/mol. The molecule has 2 N–H and O–H groups in total. The van der Waals surface area contributed by atoms with E-state index in [4.69, 9.17) is 4.74 Å². The Morgan fingerprint density at radius 1 is 1.45 bits per heavy atom. The third kappa shape index (κ3) is 2.67. The van der Waals surface area contributed by atoms with Crippen LogP contribution in [0.3, 0.4) is 0 Å². The number of rotatable bonds is 2. The van der Waals surface area contributed by atoms with Gasteiger partial charge in [-0.15, -0.1) is 0 Å². The summed E-state index contributed by atoms with van der Waals surface area (Å²) in [5.74, 6) is -0.0953. The lowest BCUT2D eigenvalue weighted by molar-refractivity contribution is -0.115. The summed E-state index contributed by atoms with van der Waals surface area (Å²) in [6, 6.07) is 5.51. The molecule has 0 saturated carbocycles. The number of nitrogens with one attached hydrogen (secondary N) is 2. The normalized spacial score (nSPS) is 24.9. The van der Waals surface area contributed by atoms with Crippen LogP contribution in [0.5, 0.6) is 0 Å². The summed E-state index contributed by atoms with van der Waals surface area (Å²) in [4.78, 5) is 23.6.